The third-order valence-electron chi connectivity index (χ3n) is 4.39. The van der Waals surface area contributed by atoms with E-state index in [2.05, 4.69) is 0 Å². The summed E-state index contributed by atoms with van der Waals surface area (Å²) in [6.07, 6.45) is 4.52. The number of halogens is 2. The van der Waals surface area contributed by atoms with Crippen LogP contribution in [-0.4, -0.2) is 11.7 Å². The maximum Gasteiger partial charge on any atom is 0.0624 e. The Morgan fingerprint density at radius 1 is 1.24 bits per heavy atom. The Hall–Kier alpha value is -0.240. The molecule has 3 heteroatoms. The van der Waals surface area contributed by atoms with Gasteiger partial charge in [0.25, 0.3) is 0 Å². The fourth-order valence-corrected chi connectivity index (χ4v) is 3.81. The fraction of sp³-hybridized carbons (Fsp3) is 0.571. The molecule has 0 aliphatic heterocycles. The van der Waals surface area contributed by atoms with E-state index in [0.29, 0.717) is 10.0 Å². The summed E-state index contributed by atoms with van der Waals surface area (Å²) in [5.74, 6) is 1.72. The van der Waals surface area contributed by atoms with Crippen molar-refractivity contribution in [2.75, 3.05) is 6.61 Å². The van der Waals surface area contributed by atoms with Crippen molar-refractivity contribution in [3.63, 3.8) is 0 Å². The van der Waals surface area contributed by atoms with Crippen molar-refractivity contribution in [2.45, 2.75) is 25.7 Å². The second kappa shape index (κ2) is 4.15. The number of hydrogen-bond donors (Lipinski definition) is 1. The smallest absolute Gasteiger partial charge is 0.0624 e. The number of fused-ring (bicyclic) bond motifs is 1. The van der Waals surface area contributed by atoms with Crippen molar-refractivity contribution in [3.05, 3.63) is 33.8 Å². The molecule has 1 aromatic rings. The quantitative estimate of drug-likeness (QED) is 0.882. The highest BCUT2D eigenvalue weighted by atomic mass is 35.5. The van der Waals surface area contributed by atoms with Crippen LogP contribution < -0.4 is 0 Å². The van der Waals surface area contributed by atoms with Crippen molar-refractivity contribution in [1.29, 1.82) is 0 Å². The number of benzene rings is 1. The molecule has 1 aromatic carbocycles. The lowest BCUT2D eigenvalue weighted by Gasteiger charge is -2.29. The van der Waals surface area contributed by atoms with Gasteiger partial charge in [-0.2, -0.15) is 0 Å². The molecule has 2 aliphatic carbocycles. The molecular weight excluding hydrogens is 255 g/mol. The van der Waals surface area contributed by atoms with E-state index in [-0.39, 0.29) is 12.0 Å². The van der Waals surface area contributed by atoms with Crippen LogP contribution in [0, 0.1) is 17.3 Å². The van der Waals surface area contributed by atoms with E-state index in [0.717, 1.165) is 36.7 Å². The minimum Gasteiger partial charge on any atom is -0.396 e. The average molecular weight is 271 g/mol. The third kappa shape index (κ3) is 2.09. The number of rotatable bonds is 3. The molecule has 3 rings (SSSR count). The Morgan fingerprint density at radius 3 is 2.59 bits per heavy atom. The second-order valence-corrected chi connectivity index (χ2v) is 6.50. The van der Waals surface area contributed by atoms with Gasteiger partial charge in [0.05, 0.1) is 10.0 Å². The van der Waals surface area contributed by atoms with Crippen molar-refractivity contribution in [3.8, 4) is 0 Å². The molecule has 1 nitrogen and oxygen atoms in total. The van der Waals surface area contributed by atoms with Crippen molar-refractivity contribution in [1.82, 2.24) is 0 Å². The zero-order valence-electron chi connectivity index (χ0n) is 9.63. The molecule has 0 spiro atoms. The average Bonchev–Trinajstić information content (AvgIpc) is 2.94. The normalized spacial score (nSPS) is 34.8. The molecule has 0 aromatic heterocycles. The first kappa shape index (κ1) is 11.8. The fourth-order valence-electron chi connectivity index (χ4n) is 3.42. The summed E-state index contributed by atoms with van der Waals surface area (Å²) < 4.78 is 0. The summed E-state index contributed by atoms with van der Waals surface area (Å²) in [7, 11) is 0. The summed E-state index contributed by atoms with van der Waals surface area (Å²) in [6, 6.07) is 5.77. The molecule has 0 amide bonds. The lowest BCUT2D eigenvalue weighted by Crippen LogP contribution is -2.26. The zero-order valence-corrected chi connectivity index (χ0v) is 11.1. The predicted molar refractivity (Wildman–Crippen MR) is 70.5 cm³/mol. The van der Waals surface area contributed by atoms with E-state index in [9.17, 15) is 5.11 Å². The van der Waals surface area contributed by atoms with Gasteiger partial charge in [-0.15, -0.1) is 0 Å². The molecule has 1 N–H and O–H groups in total. The SMILES string of the molecule is OCC1(Cc2cccc(Cl)c2Cl)CC2CC2C1. The highest BCUT2D eigenvalue weighted by Gasteiger charge is 2.53. The van der Waals surface area contributed by atoms with E-state index in [1.807, 2.05) is 18.2 Å². The van der Waals surface area contributed by atoms with Crippen molar-refractivity contribution in [2.24, 2.45) is 17.3 Å². The molecule has 92 valence electrons. The van der Waals surface area contributed by atoms with E-state index in [1.54, 1.807) is 0 Å². The minimum atomic E-state index is 0.0574. The zero-order chi connectivity index (χ0) is 12.0. The predicted octanol–water partition coefficient (Wildman–Crippen LogP) is 3.94. The van der Waals surface area contributed by atoms with Gasteiger partial charge >= 0.3 is 0 Å². The van der Waals surface area contributed by atoms with E-state index in [4.69, 9.17) is 23.2 Å². The molecule has 0 saturated heterocycles. The molecule has 0 radical (unpaired) electrons. The van der Waals surface area contributed by atoms with Gasteiger partial charge in [-0.25, -0.2) is 0 Å². The van der Waals surface area contributed by atoms with Crippen LogP contribution in [0.1, 0.15) is 24.8 Å². The van der Waals surface area contributed by atoms with Gasteiger partial charge in [0, 0.05) is 6.61 Å². The van der Waals surface area contributed by atoms with Crippen LogP contribution in [0.4, 0.5) is 0 Å². The summed E-state index contributed by atoms with van der Waals surface area (Å²) in [5.41, 5.74) is 1.14. The molecule has 2 saturated carbocycles. The Morgan fingerprint density at radius 2 is 1.94 bits per heavy atom. The van der Waals surface area contributed by atoms with Crippen LogP contribution in [-0.2, 0) is 6.42 Å². The van der Waals surface area contributed by atoms with Crippen LogP contribution in [0.5, 0.6) is 0 Å². The van der Waals surface area contributed by atoms with Gasteiger partial charge in [-0.05, 0) is 54.6 Å². The van der Waals surface area contributed by atoms with Gasteiger partial charge in [0.1, 0.15) is 0 Å². The second-order valence-electron chi connectivity index (χ2n) is 5.71. The Bertz CT molecular complexity index is 434. The summed E-state index contributed by atoms with van der Waals surface area (Å²) in [6.45, 7) is 0.267. The topological polar surface area (TPSA) is 20.2 Å². The van der Waals surface area contributed by atoms with Gasteiger partial charge in [-0.3, -0.25) is 0 Å². The maximum atomic E-state index is 9.70. The standard InChI is InChI=1S/C14H16Cl2O/c15-12-3-1-2-9(13(12)16)5-14(8-17)6-10-4-11(10)7-14/h1-3,10-11,17H,4-8H2. The number of aliphatic hydroxyl groups excluding tert-OH is 1. The van der Waals surface area contributed by atoms with Crippen molar-refractivity contribution >= 4 is 23.2 Å². The first-order valence-corrected chi connectivity index (χ1v) is 6.93. The van der Waals surface area contributed by atoms with Gasteiger partial charge in [0.15, 0.2) is 0 Å². The molecule has 2 atom stereocenters. The first-order chi connectivity index (χ1) is 8.13. The van der Waals surface area contributed by atoms with Crippen LogP contribution in [0.25, 0.3) is 0 Å². The first-order valence-electron chi connectivity index (χ1n) is 6.17. The van der Waals surface area contributed by atoms with Gasteiger partial charge < -0.3 is 5.11 Å². The molecule has 0 bridgehead atoms. The Labute approximate surface area is 112 Å². The molecule has 0 heterocycles. The monoisotopic (exact) mass is 270 g/mol. The Kier molecular flexibility index (Phi) is 2.89. The summed E-state index contributed by atoms with van der Waals surface area (Å²) >= 11 is 12.3. The van der Waals surface area contributed by atoms with Crippen LogP contribution >= 0.6 is 23.2 Å². The third-order valence-corrected chi connectivity index (χ3v) is 5.25. The number of hydrogen-bond acceptors (Lipinski definition) is 1. The molecule has 2 unspecified atom stereocenters. The molecule has 17 heavy (non-hydrogen) atoms. The maximum absolute atomic E-state index is 9.70. The number of aliphatic hydroxyl groups is 1. The molecule has 2 aliphatic rings. The lowest BCUT2D eigenvalue weighted by atomic mass is 9.78. The molecule has 2 fully saturated rings. The Balaban J connectivity index is 1.83. The largest absolute Gasteiger partial charge is 0.396 e. The van der Waals surface area contributed by atoms with E-state index < -0.39 is 0 Å². The molecular formula is C14H16Cl2O. The summed E-state index contributed by atoms with van der Waals surface area (Å²) in [5, 5.41) is 11.0. The summed E-state index contributed by atoms with van der Waals surface area (Å²) in [4.78, 5) is 0. The van der Waals surface area contributed by atoms with E-state index >= 15 is 0 Å². The van der Waals surface area contributed by atoms with Gasteiger partial charge in [0.2, 0.25) is 0 Å². The highest BCUT2D eigenvalue weighted by Crippen LogP contribution is 2.60. The van der Waals surface area contributed by atoms with Crippen LogP contribution in [0.3, 0.4) is 0 Å². The minimum absolute atomic E-state index is 0.0574. The van der Waals surface area contributed by atoms with Crippen LogP contribution in [0.2, 0.25) is 10.0 Å². The highest BCUT2D eigenvalue weighted by molar-refractivity contribution is 6.42. The van der Waals surface area contributed by atoms with E-state index in [1.165, 1.54) is 6.42 Å². The van der Waals surface area contributed by atoms with Crippen LogP contribution in [0.15, 0.2) is 18.2 Å². The van der Waals surface area contributed by atoms with Gasteiger partial charge in [-0.1, -0.05) is 35.3 Å². The van der Waals surface area contributed by atoms with Crippen molar-refractivity contribution < 1.29 is 5.11 Å². The lowest BCUT2D eigenvalue weighted by molar-refractivity contribution is 0.117.